The molecule has 0 aliphatic carbocycles. The Labute approximate surface area is 122 Å². The summed E-state index contributed by atoms with van der Waals surface area (Å²) in [6.45, 7) is 0.0687. The molecule has 0 amide bonds. The largest absolute Gasteiger partial charge is 0.378 e. The zero-order valence-electron chi connectivity index (χ0n) is 11.4. The van der Waals surface area contributed by atoms with Gasteiger partial charge in [0.1, 0.15) is 11.1 Å². The van der Waals surface area contributed by atoms with E-state index in [1.165, 1.54) is 14.1 Å². The van der Waals surface area contributed by atoms with Crippen LogP contribution in [0.5, 0.6) is 0 Å². The lowest BCUT2D eigenvalue weighted by Crippen LogP contribution is -2.43. The molecule has 118 valence electrons. The maximum absolute atomic E-state index is 13.7. The highest BCUT2D eigenvalue weighted by Gasteiger charge is 2.33. The van der Waals surface area contributed by atoms with E-state index in [1.54, 1.807) is 0 Å². The first-order valence-electron chi connectivity index (χ1n) is 5.96. The summed E-state index contributed by atoms with van der Waals surface area (Å²) in [4.78, 5) is -0.198. The number of sulfonamides is 2. The van der Waals surface area contributed by atoms with Crippen molar-refractivity contribution < 1.29 is 26.0 Å². The Morgan fingerprint density at radius 2 is 1.86 bits per heavy atom. The highest BCUT2D eigenvalue weighted by Crippen LogP contribution is 2.24. The Kier molecular flexibility index (Phi) is 4.24. The number of benzene rings is 1. The number of nitrogens with one attached hydrogen (secondary N) is 1. The van der Waals surface area contributed by atoms with Gasteiger partial charge in [-0.15, -0.1) is 0 Å². The molecule has 1 aromatic rings. The number of ether oxygens (including phenoxy) is 1. The fourth-order valence-corrected chi connectivity index (χ4v) is 3.69. The average Bonchev–Trinajstić information content (AvgIpc) is 2.28. The van der Waals surface area contributed by atoms with Gasteiger partial charge in [0.25, 0.3) is 0 Å². The lowest BCUT2D eigenvalue weighted by molar-refractivity contribution is 0.0418. The average molecular weight is 338 g/mol. The van der Waals surface area contributed by atoms with Crippen molar-refractivity contribution >= 4 is 25.7 Å². The monoisotopic (exact) mass is 338 g/mol. The van der Waals surface area contributed by atoms with E-state index >= 15 is 0 Å². The summed E-state index contributed by atoms with van der Waals surface area (Å²) in [7, 11) is -4.93. The van der Waals surface area contributed by atoms with Crippen molar-refractivity contribution in [3.05, 3.63) is 24.0 Å². The molecule has 0 aromatic heterocycles. The molecular weight excluding hydrogens is 323 g/mol. The van der Waals surface area contributed by atoms with Gasteiger partial charge in [-0.1, -0.05) is 0 Å². The molecule has 1 heterocycles. The van der Waals surface area contributed by atoms with Gasteiger partial charge in [-0.2, -0.15) is 0 Å². The van der Waals surface area contributed by atoms with Gasteiger partial charge >= 0.3 is 0 Å². The van der Waals surface area contributed by atoms with Gasteiger partial charge in [0.2, 0.25) is 20.0 Å². The fraction of sp³-hybridized carbons (Fsp3) is 0.455. The van der Waals surface area contributed by atoms with Crippen LogP contribution >= 0.6 is 0 Å². The molecule has 21 heavy (non-hydrogen) atoms. The SMILES string of the molecule is CN(C)S(=O)(=O)c1ccc(F)c(NS(=O)(=O)C2COC2)c1. The van der Waals surface area contributed by atoms with Gasteiger partial charge in [0.15, 0.2) is 0 Å². The van der Waals surface area contributed by atoms with Gasteiger partial charge in [-0.3, -0.25) is 4.72 Å². The molecule has 0 atom stereocenters. The number of hydrogen-bond donors (Lipinski definition) is 1. The zero-order chi connectivity index (χ0) is 15.8. The number of hydrogen-bond acceptors (Lipinski definition) is 5. The van der Waals surface area contributed by atoms with E-state index in [0.717, 1.165) is 22.5 Å². The summed E-state index contributed by atoms with van der Waals surface area (Å²) >= 11 is 0. The van der Waals surface area contributed by atoms with E-state index in [-0.39, 0.29) is 18.1 Å². The third-order valence-corrected chi connectivity index (χ3v) is 6.48. The summed E-state index contributed by atoms with van der Waals surface area (Å²) in [5.41, 5.74) is -0.398. The minimum atomic E-state index is -3.81. The maximum Gasteiger partial charge on any atom is 0.242 e. The van der Waals surface area contributed by atoms with E-state index in [9.17, 15) is 21.2 Å². The van der Waals surface area contributed by atoms with Crippen LogP contribution in [0.4, 0.5) is 10.1 Å². The molecule has 0 bridgehead atoms. The topological polar surface area (TPSA) is 92.8 Å². The molecule has 1 saturated heterocycles. The summed E-state index contributed by atoms with van der Waals surface area (Å²) in [5.74, 6) is -0.850. The van der Waals surface area contributed by atoms with Gasteiger partial charge < -0.3 is 4.74 Å². The number of rotatable bonds is 5. The lowest BCUT2D eigenvalue weighted by atomic mass is 10.3. The molecule has 10 heteroatoms. The van der Waals surface area contributed by atoms with Crippen molar-refractivity contribution in [3.8, 4) is 0 Å². The molecule has 7 nitrogen and oxygen atoms in total. The van der Waals surface area contributed by atoms with Crippen molar-refractivity contribution in [3.63, 3.8) is 0 Å². The predicted octanol–water partition coefficient (Wildman–Crippen LogP) is 0.216. The Bertz CT molecular complexity index is 742. The molecule has 0 saturated carbocycles. The van der Waals surface area contributed by atoms with Crippen molar-refractivity contribution in [1.82, 2.24) is 4.31 Å². The summed E-state index contributed by atoms with van der Waals surface area (Å²) in [5, 5.41) is -0.758. The zero-order valence-corrected chi connectivity index (χ0v) is 13.0. The van der Waals surface area contributed by atoms with Crippen LogP contribution < -0.4 is 4.72 Å². The first-order chi connectivity index (χ1) is 9.64. The maximum atomic E-state index is 13.7. The third-order valence-electron chi connectivity index (χ3n) is 3.01. The summed E-state index contributed by atoms with van der Waals surface area (Å²) in [6, 6.07) is 2.95. The second-order valence-electron chi connectivity index (χ2n) is 4.74. The molecule has 1 aliphatic heterocycles. The number of nitrogens with zero attached hydrogens (tertiary/aromatic N) is 1. The van der Waals surface area contributed by atoms with E-state index in [0.29, 0.717) is 0 Å². The third kappa shape index (κ3) is 3.18. The van der Waals surface area contributed by atoms with Gasteiger partial charge in [-0.25, -0.2) is 25.5 Å². The minimum absolute atomic E-state index is 0.0344. The van der Waals surface area contributed by atoms with Crippen LogP contribution in [0.3, 0.4) is 0 Å². The van der Waals surface area contributed by atoms with Gasteiger partial charge in [0.05, 0.1) is 23.8 Å². The standard InChI is InChI=1S/C11H15FN2O5S2/c1-14(2)21(17,18)8-3-4-10(12)11(5-8)13-20(15,16)9-6-19-7-9/h3-5,9,13H,6-7H2,1-2H3. The van der Waals surface area contributed by atoms with Crippen molar-refractivity contribution in [1.29, 1.82) is 0 Å². The van der Waals surface area contributed by atoms with Crippen LogP contribution in [0.15, 0.2) is 23.1 Å². The molecule has 1 fully saturated rings. The smallest absolute Gasteiger partial charge is 0.242 e. The number of anilines is 1. The second-order valence-corrected chi connectivity index (χ2v) is 8.85. The van der Waals surface area contributed by atoms with Crippen LogP contribution in [0.1, 0.15) is 0 Å². The van der Waals surface area contributed by atoms with E-state index < -0.39 is 36.8 Å². The Balaban J connectivity index is 2.36. The molecule has 0 radical (unpaired) electrons. The molecule has 2 rings (SSSR count). The number of halogens is 1. The second kappa shape index (κ2) is 5.52. The highest BCUT2D eigenvalue weighted by molar-refractivity contribution is 7.93. The van der Waals surface area contributed by atoms with E-state index in [2.05, 4.69) is 4.72 Å². The first-order valence-corrected chi connectivity index (χ1v) is 8.94. The summed E-state index contributed by atoms with van der Waals surface area (Å²) < 4.78 is 69.3. The Hall–Kier alpha value is -1.23. The van der Waals surface area contributed by atoms with Crippen molar-refractivity contribution in [2.45, 2.75) is 10.1 Å². The summed E-state index contributed by atoms with van der Waals surface area (Å²) in [6.07, 6.45) is 0. The van der Waals surface area contributed by atoms with Crippen molar-refractivity contribution in [2.75, 3.05) is 32.0 Å². The molecule has 0 spiro atoms. The molecule has 1 aromatic carbocycles. The molecule has 1 N–H and O–H groups in total. The van der Waals surface area contributed by atoms with Crippen LogP contribution in [-0.2, 0) is 24.8 Å². The normalized spacial score (nSPS) is 16.8. The minimum Gasteiger partial charge on any atom is -0.378 e. The van der Waals surface area contributed by atoms with Gasteiger partial charge in [-0.05, 0) is 18.2 Å². The van der Waals surface area contributed by atoms with E-state index in [4.69, 9.17) is 4.74 Å². The first kappa shape index (κ1) is 16.1. The lowest BCUT2D eigenvalue weighted by Gasteiger charge is -2.26. The Morgan fingerprint density at radius 3 is 2.33 bits per heavy atom. The van der Waals surface area contributed by atoms with Crippen LogP contribution in [0.25, 0.3) is 0 Å². The van der Waals surface area contributed by atoms with Crippen LogP contribution in [0.2, 0.25) is 0 Å². The van der Waals surface area contributed by atoms with Crippen LogP contribution in [0, 0.1) is 5.82 Å². The van der Waals surface area contributed by atoms with E-state index in [1.807, 2.05) is 0 Å². The fourth-order valence-electron chi connectivity index (χ4n) is 1.58. The van der Waals surface area contributed by atoms with Crippen molar-refractivity contribution in [2.24, 2.45) is 0 Å². The molecular formula is C11H15FN2O5S2. The van der Waals surface area contributed by atoms with Gasteiger partial charge in [0, 0.05) is 14.1 Å². The highest BCUT2D eigenvalue weighted by atomic mass is 32.2. The Morgan fingerprint density at radius 1 is 1.24 bits per heavy atom. The molecule has 0 unspecified atom stereocenters. The quantitative estimate of drug-likeness (QED) is 0.829. The van der Waals surface area contributed by atoms with Crippen LogP contribution in [-0.4, -0.2) is 53.7 Å². The molecule has 1 aliphatic rings. The predicted molar refractivity (Wildman–Crippen MR) is 74.4 cm³/mol.